The first-order valence-electron chi connectivity index (χ1n) is 8.00. The average molecular weight is 291 g/mol. The molecule has 118 valence electrons. The van der Waals surface area contributed by atoms with Gasteiger partial charge in [0.15, 0.2) is 5.78 Å². The molecular weight excluding hydrogens is 262 g/mol. The van der Waals surface area contributed by atoms with Gasteiger partial charge in [-0.05, 0) is 58.8 Å². The third kappa shape index (κ3) is 5.88. The van der Waals surface area contributed by atoms with E-state index < -0.39 is 0 Å². The van der Waals surface area contributed by atoms with Crippen LogP contribution in [0.1, 0.15) is 56.5 Å². The van der Waals surface area contributed by atoms with Crippen LogP contribution in [0.15, 0.2) is 18.2 Å². The molecule has 21 heavy (non-hydrogen) atoms. The summed E-state index contributed by atoms with van der Waals surface area (Å²) < 4.78 is 5.78. The Morgan fingerprint density at radius 3 is 2.33 bits per heavy atom. The van der Waals surface area contributed by atoms with Gasteiger partial charge in [0.1, 0.15) is 5.75 Å². The standard InChI is InChI=1S/C18H29NO2/c1-6-10-19(11-7-2)13-17(20)16-12-15(5)8-9-18(16)21-14(3)4/h8-9,12,14H,6-7,10-11,13H2,1-5H3. The van der Waals surface area contributed by atoms with Crippen molar-refractivity contribution in [3.05, 3.63) is 29.3 Å². The number of Topliss-reactive ketones (excluding diaryl/α,β-unsaturated/α-hetero) is 1. The van der Waals surface area contributed by atoms with Crippen LogP contribution in [0.4, 0.5) is 0 Å². The van der Waals surface area contributed by atoms with Crippen LogP contribution in [-0.2, 0) is 0 Å². The van der Waals surface area contributed by atoms with Crippen molar-refractivity contribution in [2.45, 2.75) is 53.6 Å². The van der Waals surface area contributed by atoms with Gasteiger partial charge in [-0.15, -0.1) is 0 Å². The van der Waals surface area contributed by atoms with Gasteiger partial charge >= 0.3 is 0 Å². The number of carbonyl (C=O) groups is 1. The van der Waals surface area contributed by atoms with Gasteiger partial charge in [-0.3, -0.25) is 9.69 Å². The molecular formula is C18H29NO2. The number of hydrogen-bond donors (Lipinski definition) is 0. The van der Waals surface area contributed by atoms with Gasteiger partial charge in [0.2, 0.25) is 0 Å². The summed E-state index contributed by atoms with van der Waals surface area (Å²) in [7, 11) is 0. The number of aryl methyl sites for hydroxylation is 1. The van der Waals surface area contributed by atoms with Gasteiger partial charge in [0, 0.05) is 0 Å². The van der Waals surface area contributed by atoms with Crippen molar-refractivity contribution in [1.29, 1.82) is 0 Å². The predicted octanol–water partition coefficient (Wildman–Crippen LogP) is 4.09. The Balaban J connectivity index is 2.91. The summed E-state index contributed by atoms with van der Waals surface area (Å²) in [5, 5.41) is 0. The number of nitrogens with zero attached hydrogens (tertiary/aromatic N) is 1. The summed E-state index contributed by atoms with van der Waals surface area (Å²) in [6.07, 6.45) is 2.20. The van der Waals surface area contributed by atoms with E-state index in [4.69, 9.17) is 4.74 Å². The summed E-state index contributed by atoms with van der Waals surface area (Å²) in [4.78, 5) is 14.9. The summed E-state index contributed by atoms with van der Waals surface area (Å²) in [6, 6.07) is 5.84. The largest absolute Gasteiger partial charge is 0.490 e. The highest BCUT2D eigenvalue weighted by Gasteiger charge is 2.17. The number of carbonyl (C=O) groups excluding carboxylic acids is 1. The Morgan fingerprint density at radius 1 is 1.19 bits per heavy atom. The van der Waals surface area contributed by atoms with Crippen molar-refractivity contribution in [3.63, 3.8) is 0 Å². The van der Waals surface area contributed by atoms with Gasteiger partial charge in [0.05, 0.1) is 18.2 Å². The van der Waals surface area contributed by atoms with E-state index in [0.717, 1.165) is 31.5 Å². The van der Waals surface area contributed by atoms with Crippen LogP contribution in [0, 0.1) is 6.92 Å². The molecule has 0 N–H and O–H groups in total. The molecule has 1 rings (SSSR count). The molecule has 3 heteroatoms. The zero-order valence-electron chi connectivity index (χ0n) is 14.1. The maximum absolute atomic E-state index is 12.6. The molecule has 0 unspecified atom stereocenters. The minimum atomic E-state index is 0.0710. The SMILES string of the molecule is CCCN(CCC)CC(=O)c1cc(C)ccc1OC(C)C. The first-order chi connectivity index (χ1) is 9.97. The fraction of sp³-hybridized carbons (Fsp3) is 0.611. The van der Waals surface area contributed by atoms with Crippen molar-refractivity contribution >= 4 is 5.78 Å². The molecule has 1 aromatic rings. The normalized spacial score (nSPS) is 11.2. The molecule has 0 saturated heterocycles. The van der Waals surface area contributed by atoms with Gasteiger partial charge in [-0.1, -0.05) is 25.5 Å². The third-order valence-corrected chi connectivity index (χ3v) is 3.25. The topological polar surface area (TPSA) is 29.5 Å². The second kappa shape index (κ2) is 8.83. The second-order valence-electron chi connectivity index (χ2n) is 5.87. The molecule has 1 aromatic carbocycles. The van der Waals surface area contributed by atoms with Crippen LogP contribution in [0.2, 0.25) is 0 Å². The molecule has 0 saturated carbocycles. The van der Waals surface area contributed by atoms with Gasteiger partial charge < -0.3 is 4.74 Å². The molecule has 0 atom stereocenters. The zero-order chi connectivity index (χ0) is 15.8. The minimum absolute atomic E-state index is 0.0710. The number of hydrogen-bond acceptors (Lipinski definition) is 3. The molecule has 0 heterocycles. The smallest absolute Gasteiger partial charge is 0.180 e. The van der Waals surface area contributed by atoms with E-state index >= 15 is 0 Å². The predicted molar refractivity (Wildman–Crippen MR) is 88.3 cm³/mol. The summed E-state index contributed by atoms with van der Waals surface area (Å²) in [5.74, 6) is 0.852. The van der Waals surface area contributed by atoms with Crippen molar-refractivity contribution in [1.82, 2.24) is 4.90 Å². The van der Waals surface area contributed by atoms with Gasteiger partial charge in [0.25, 0.3) is 0 Å². The molecule has 0 aliphatic rings. The Bertz CT molecular complexity index is 449. The lowest BCUT2D eigenvalue weighted by Crippen LogP contribution is -2.31. The number of ether oxygens (including phenoxy) is 1. The van der Waals surface area contributed by atoms with E-state index in [-0.39, 0.29) is 11.9 Å². The number of benzene rings is 1. The van der Waals surface area contributed by atoms with E-state index in [2.05, 4.69) is 18.7 Å². The minimum Gasteiger partial charge on any atom is -0.490 e. The molecule has 0 amide bonds. The van der Waals surface area contributed by atoms with E-state index in [0.29, 0.717) is 17.9 Å². The second-order valence-corrected chi connectivity index (χ2v) is 5.87. The monoisotopic (exact) mass is 291 g/mol. The van der Waals surface area contributed by atoms with Crippen LogP contribution in [0.3, 0.4) is 0 Å². The van der Waals surface area contributed by atoms with Crippen molar-refractivity contribution in [2.24, 2.45) is 0 Å². The van der Waals surface area contributed by atoms with Gasteiger partial charge in [-0.2, -0.15) is 0 Å². The molecule has 0 aliphatic heterocycles. The maximum Gasteiger partial charge on any atom is 0.180 e. The van der Waals surface area contributed by atoms with Crippen LogP contribution >= 0.6 is 0 Å². The van der Waals surface area contributed by atoms with Crippen LogP contribution in [0.5, 0.6) is 5.75 Å². The highest BCUT2D eigenvalue weighted by atomic mass is 16.5. The van der Waals surface area contributed by atoms with E-state index in [1.165, 1.54) is 0 Å². The highest BCUT2D eigenvalue weighted by Crippen LogP contribution is 2.22. The zero-order valence-corrected chi connectivity index (χ0v) is 14.1. The molecule has 3 nitrogen and oxygen atoms in total. The van der Waals surface area contributed by atoms with E-state index in [1.54, 1.807) is 0 Å². The quantitative estimate of drug-likeness (QED) is 0.642. The third-order valence-electron chi connectivity index (χ3n) is 3.25. The maximum atomic E-state index is 12.6. The number of rotatable bonds is 9. The Labute approximate surface area is 129 Å². The van der Waals surface area contributed by atoms with E-state index in [1.807, 2.05) is 39.0 Å². The van der Waals surface area contributed by atoms with E-state index in [9.17, 15) is 4.79 Å². The van der Waals surface area contributed by atoms with Crippen LogP contribution in [0.25, 0.3) is 0 Å². The Hall–Kier alpha value is -1.35. The van der Waals surface area contributed by atoms with Gasteiger partial charge in [-0.25, -0.2) is 0 Å². The molecule has 0 radical (unpaired) electrons. The first kappa shape index (κ1) is 17.7. The Kier molecular flexibility index (Phi) is 7.44. The summed E-state index contributed by atoms with van der Waals surface area (Å²) >= 11 is 0. The lowest BCUT2D eigenvalue weighted by atomic mass is 10.1. The molecule has 0 fully saturated rings. The molecule has 0 aliphatic carbocycles. The van der Waals surface area contributed by atoms with Crippen LogP contribution < -0.4 is 4.74 Å². The highest BCUT2D eigenvalue weighted by molar-refractivity contribution is 6.00. The van der Waals surface area contributed by atoms with Crippen molar-refractivity contribution < 1.29 is 9.53 Å². The van der Waals surface area contributed by atoms with Crippen molar-refractivity contribution in [3.8, 4) is 5.75 Å². The Morgan fingerprint density at radius 2 is 1.81 bits per heavy atom. The fourth-order valence-electron chi connectivity index (χ4n) is 2.41. The summed E-state index contributed by atoms with van der Waals surface area (Å²) in [5.41, 5.74) is 1.80. The first-order valence-corrected chi connectivity index (χ1v) is 8.00. The molecule has 0 bridgehead atoms. The lowest BCUT2D eigenvalue weighted by molar-refractivity contribution is 0.0924. The summed E-state index contributed by atoms with van der Waals surface area (Å²) in [6.45, 7) is 12.7. The van der Waals surface area contributed by atoms with Crippen LogP contribution in [-0.4, -0.2) is 36.4 Å². The fourth-order valence-corrected chi connectivity index (χ4v) is 2.41. The molecule has 0 aromatic heterocycles. The van der Waals surface area contributed by atoms with Crippen molar-refractivity contribution in [2.75, 3.05) is 19.6 Å². The number of ketones is 1. The molecule has 0 spiro atoms. The lowest BCUT2D eigenvalue weighted by Gasteiger charge is -2.21. The average Bonchev–Trinajstić information content (AvgIpc) is 2.40.